The molecule has 0 radical (unpaired) electrons. The van der Waals surface area contributed by atoms with Gasteiger partial charge in [0.15, 0.2) is 0 Å². The maximum Gasteiger partial charge on any atom is 0.295 e. The van der Waals surface area contributed by atoms with Crippen molar-refractivity contribution < 1.29 is 14.7 Å². The van der Waals surface area contributed by atoms with Crippen molar-refractivity contribution in [3.63, 3.8) is 0 Å². The van der Waals surface area contributed by atoms with E-state index >= 15 is 0 Å². The van der Waals surface area contributed by atoms with Gasteiger partial charge in [-0.3, -0.25) is 9.59 Å². The summed E-state index contributed by atoms with van der Waals surface area (Å²) in [6.07, 6.45) is 0.711. The average Bonchev–Trinajstić information content (AvgIpc) is 2.93. The Labute approximate surface area is 169 Å². The van der Waals surface area contributed by atoms with Gasteiger partial charge in [0, 0.05) is 17.1 Å². The van der Waals surface area contributed by atoms with Gasteiger partial charge in [-0.05, 0) is 44.8 Å². The summed E-state index contributed by atoms with van der Waals surface area (Å²) >= 11 is 6.16. The molecule has 0 spiro atoms. The van der Waals surface area contributed by atoms with E-state index in [9.17, 15) is 14.7 Å². The van der Waals surface area contributed by atoms with Crippen LogP contribution in [0.4, 0.5) is 0 Å². The summed E-state index contributed by atoms with van der Waals surface area (Å²) in [5.41, 5.74) is 1.30. The molecular formula is C22H23ClN2O3. The van der Waals surface area contributed by atoms with E-state index in [0.29, 0.717) is 29.1 Å². The van der Waals surface area contributed by atoms with Crippen molar-refractivity contribution in [2.45, 2.75) is 12.5 Å². The third-order valence-corrected chi connectivity index (χ3v) is 4.99. The normalized spacial score (nSPS) is 18.9. The van der Waals surface area contributed by atoms with Crippen LogP contribution in [-0.4, -0.2) is 53.8 Å². The summed E-state index contributed by atoms with van der Waals surface area (Å²) in [5, 5.41) is 11.4. The number of carbonyl (C=O) groups excluding carboxylic acids is 2. The Morgan fingerprint density at radius 2 is 1.82 bits per heavy atom. The first kappa shape index (κ1) is 20.1. The molecule has 1 fully saturated rings. The predicted octanol–water partition coefficient (Wildman–Crippen LogP) is 3.71. The Kier molecular flexibility index (Phi) is 6.17. The first-order valence-corrected chi connectivity index (χ1v) is 9.52. The van der Waals surface area contributed by atoms with E-state index in [-0.39, 0.29) is 11.3 Å². The molecular weight excluding hydrogens is 376 g/mol. The minimum atomic E-state index is -0.670. The number of benzene rings is 2. The van der Waals surface area contributed by atoms with Gasteiger partial charge in [-0.25, -0.2) is 0 Å². The molecule has 2 aromatic carbocycles. The molecule has 146 valence electrons. The highest BCUT2D eigenvalue weighted by molar-refractivity contribution is 6.46. The third kappa shape index (κ3) is 4.11. The predicted molar refractivity (Wildman–Crippen MR) is 110 cm³/mol. The lowest BCUT2D eigenvalue weighted by atomic mass is 9.95. The molecule has 6 heteroatoms. The van der Waals surface area contributed by atoms with Crippen molar-refractivity contribution in [3.05, 3.63) is 76.3 Å². The van der Waals surface area contributed by atoms with Crippen molar-refractivity contribution in [3.8, 4) is 0 Å². The molecule has 1 saturated heterocycles. The van der Waals surface area contributed by atoms with E-state index in [1.165, 1.54) is 4.90 Å². The number of aliphatic hydroxyl groups excluding tert-OH is 1. The zero-order chi connectivity index (χ0) is 20.3. The Bertz CT molecular complexity index is 909. The summed E-state index contributed by atoms with van der Waals surface area (Å²) in [4.78, 5) is 29.2. The molecule has 28 heavy (non-hydrogen) atoms. The van der Waals surface area contributed by atoms with Gasteiger partial charge in [-0.1, -0.05) is 54.1 Å². The second-order valence-electron chi connectivity index (χ2n) is 7.07. The SMILES string of the molecule is CN(C)CCCN1C(=O)C(=O)/C(=C(/O)c2ccccc2)[C@H]1c1cccc(Cl)c1. The van der Waals surface area contributed by atoms with Crippen LogP contribution in [0.25, 0.3) is 5.76 Å². The average molecular weight is 399 g/mol. The van der Waals surface area contributed by atoms with Gasteiger partial charge in [0.25, 0.3) is 11.7 Å². The zero-order valence-electron chi connectivity index (χ0n) is 15.9. The number of halogens is 1. The molecule has 0 aromatic heterocycles. The van der Waals surface area contributed by atoms with Gasteiger partial charge in [0.1, 0.15) is 5.76 Å². The molecule has 1 heterocycles. The van der Waals surface area contributed by atoms with Gasteiger partial charge >= 0.3 is 0 Å². The number of carbonyl (C=O) groups is 2. The van der Waals surface area contributed by atoms with Crippen LogP contribution in [0.5, 0.6) is 0 Å². The maximum absolute atomic E-state index is 12.8. The van der Waals surface area contributed by atoms with Gasteiger partial charge in [-0.2, -0.15) is 0 Å². The fraction of sp³-hybridized carbons (Fsp3) is 0.273. The largest absolute Gasteiger partial charge is 0.507 e. The number of amides is 1. The number of nitrogens with zero attached hydrogens (tertiary/aromatic N) is 2. The van der Waals surface area contributed by atoms with Crippen LogP contribution >= 0.6 is 11.6 Å². The standard InChI is InChI=1S/C22H23ClN2O3/c1-24(2)12-7-13-25-19(16-10-6-11-17(23)14-16)18(21(27)22(25)28)20(26)15-8-4-3-5-9-15/h3-6,8-11,14,19,26H,7,12-13H2,1-2H3/b20-18+/t19-/m1/s1. The summed E-state index contributed by atoms with van der Waals surface area (Å²) < 4.78 is 0. The van der Waals surface area contributed by atoms with Crippen LogP contribution < -0.4 is 0 Å². The molecule has 0 aliphatic carbocycles. The highest BCUT2D eigenvalue weighted by Gasteiger charge is 2.45. The minimum Gasteiger partial charge on any atom is -0.507 e. The van der Waals surface area contributed by atoms with E-state index in [1.807, 2.05) is 31.1 Å². The van der Waals surface area contributed by atoms with E-state index in [0.717, 1.165) is 6.54 Å². The molecule has 2 aromatic rings. The van der Waals surface area contributed by atoms with Crippen molar-refractivity contribution in [1.82, 2.24) is 9.80 Å². The first-order chi connectivity index (χ1) is 13.4. The molecule has 1 aliphatic heterocycles. The Balaban J connectivity index is 2.08. The van der Waals surface area contributed by atoms with E-state index < -0.39 is 17.7 Å². The number of hydrogen-bond acceptors (Lipinski definition) is 4. The Morgan fingerprint density at radius 3 is 2.46 bits per heavy atom. The number of Topliss-reactive ketones (excluding diaryl/α,β-unsaturated/α-hetero) is 1. The van der Waals surface area contributed by atoms with Gasteiger partial charge in [-0.15, -0.1) is 0 Å². The van der Waals surface area contributed by atoms with Crippen molar-refractivity contribution in [2.24, 2.45) is 0 Å². The van der Waals surface area contributed by atoms with Crippen LogP contribution in [-0.2, 0) is 9.59 Å². The summed E-state index contributed by atoms with van der Waals surface area (Å²) in [7, 11) is 3.91. The van der Waals surface area contributed by atoms with Crippen molar-refractivity contribution in [2.75, 3.05) is 27.2 Å². The number of hydrogen-bond donors (Lipinski definition) is 1. The molecule has 1 amide bonds. The number of likely N-dealkylation sites (tertiary alicyclic amines) is 1. The molecule has 0 bridgehead atoms. The van der Waals surface area contributed by atoms with E-state index in [1.54, 1.807) is 42.5 Å². The third-order valence-electron chi connectivity index (χ3n) is 4.76. The molecule has 0 unspecified atom stereocenters. The van der Waals surface area contributed by atoms with Gasteiger partial charge in [0.05, 0.1) is 11.6 Å². The van der Waals surface area contributed by atoms with E-state index in [4.69, 9.17) is 11.6 Å². The van der Waals surface area contributed by atoms with Crippen LogP contribution in [0.2, 0.25) is 5.02 Å². The Hall–Kier alpha value is -2.63. The first-order valence-electron chi connectivity index (χ1n) is 9.14. The molecule has 1 atom stereocenters. The molecule has 1 aliphatic rings. The summed E-state index contributed by atoms with van der Waals surface area (Å²) in [6, 6.07) is 15.2. The monoisotopic (exact) mass is 398 g/mol. The fourth-order valence-electron chi connectivity index (χ4n) is 3.44. The van der Waals surface area contributed by atoms with Crippen LogP contribution in [0.15, 0.2) is 60.2 Å². The lowest BCUT2D eigenvalue weighted by Gasteiger charge is -2.26. The fourth-order valence-corrected chi connectivity index (χ4v) is 3.64. The smallest absolute Gasteiger partial charge is 0.295 e. The molecule has 5 nitrogen and oxygen atoms in total. The highest BCUT2D eigenvalue weighted by atomic mass is 35.5. The van der Waals surface area contributed by atoms with Gasteiger partial charge in [0.2, 0.25) is 0 Å². The quantitative estimate of drug-likeness (QED) is 0.457. The summed E-state index contributed by atoms with van der Waals surface area (Å²) in [6.45, 7) is 1.19. The second-order valence-corrected chi connectivity index (χ2v) is 7.51. The maximum atomic E-state index is 12.8. The zero-order valence-corrected chi connectivity index (χ0v) is 16.7. The summed E-state index contributed by atoms with van der Waals surface area (Å²) in [5.74, 6) is -1.43. The lowest BCUT2D eigenvalue weighted by molar-refractivity contribution is -0.139. The molecule has 1 N–H and O–H groups in total. The van der Waals surface area contributed by atoms with Crippen molar-refractivity contribution in [1.29, 1.82) is 0 Å². The topological polar surface area (TPSA) is 60.9 Å². The Morgan fingerprint density at radius 1 is 1.11 bits per heavy atom. The van der Waals surface area contributed by atoms with Crippen LogP contribution in [0.3, 0.4) is 0 Å². The molecule has 3 rings (SSSR count). The number of rotatable bonds is 6. The van der Waals surface area contributed by atoms with Crippen molar-refractivity contribution >= 4 is 29.1 Å². The lowest BCUT2D eigenvalue weighted by Crippen LogP contribution is -2.32. The second kappa shape index (κ2) is 8.59. The minimum absolute atomic E-state index is 0.100. The highest BCUT2D eigenvalue weighted by Crippen LogP contribution is 2.39. The van der Waals surface area contributed by atoms with Gasteiger partial charge < -0.3 is 14.9 Å². The molecule has 0 saturated carbocycles. The van der Waals surface area contributed by atoms with Crippen LogP contribution in [0.1, 0.15) is 23.6 Å². The van der Waals surface area contributed by atoms with Crippen LogP contribution in [0, 0.1) is 0 Å². The van der Waals surface area contributed by atoms with E-state index in [2.05, 4.69) is 0 Å². The number of aliphatic hydroxyl groups is 1. The number of ketones is 1.